The van der Waals surface area contributed by atoms with Crippen molar-refractivity contribution in [1.29, 1.82) is 0 Å². The second kappa shape index (κ2) is 14.7. The summed E-state index contributed by atoms with van der Waals surface area (Å²) in [4.78, 5) is 2.39. The Kier molecular flexibility index (Phi) is 8.70. The molecule has 0 saturated heterocycles. The highest BCUT2D eigenvalue weighted by molar-refractivity contribution is 6.14. The van der Waals surface area contributed by atoms with Crippen molar-refractivity contribution in [3.8, 4) is 5.69 Å². The molecule has 0 saturated carbocycles. The fraction of sp³-hybridized carbons (Fsp3) is 0.0877. The van der Waals surface area contributed by atoms with Gasteiger partial charge in [-0.1, -0.05) is 159 Å². The minimum Gasteiger partial charge on any atom is -0.310 e. The fourth-order valence-electron chi connectivity index (χ4n) is 9.38. The predicted molar refractivity (Wildman–Crippen MR) is 254 cm³/mol. The van der Waals surface area contributed by atoms with Crippen molar-refractivity contribution in [2.75, 3.05) is 4.90 Å². The minimum absolute atomic E-state index is 0.586. The number of allylic oxidation sites excluding steroid dienone is 5. The van der Waals surface area contributed by atoms with Crippen molar-refractivity contribution in [3.63, 3.8) is 0 Å². The molecule has 2 heteroatoms. The van der Waals surface area contributed by atoms with E-state index in [1.54, 1.807) is 0 Å². The number of nitrogens with zero attached hydrogens (tertiary/aromatic N) is 2. The largest absolute Gasteiger partial charge is 0.310 e. The first-order valence-corrected chi connectivity index (χ1v) is 21.0. The third-order valence-electron chi connectivity index (χ3n) is 12.4. The van der Waals surface area contributed by atoms with Crippen LogP contribution >= 0.6 is 0 Å². The standard InChI is InChI=1S/C57H44N2/c1-39-18-23-41(24-19-39)42-30-34-49(35-31-42)58(50-36-37-53-52-16-7-8-17-54(52)59(55(53)38-50)47-13-3-2-4-14-47)48-32-21-40(22-33-48)20-25-44-11-9-12-45-28-29-46-27-26-43-10-5-6-15-51(43)57(46)56(44)45/h2-5,7-14,16-18,20-39H,6,15,19H2,1H3. The lowest BCUT2D eigenvalue weighted by Crippen LogP contribution is -2.10. The zero-order chi connectivity index (χ0) is 39.3. The number of aromatic nitrogens is 1. The second-order valence-corrected chi connectivity index (χ2v) is 16.1. The van der Waals surface area contributed by atoms with Crippen LogP contribution in [0.25, 0.3) is 72.8 Å². The van der Waals surface area contributed by atoms with Crippen molar-refractivity contribution < 1.29 is 0 Å². The molecular weight excluding hydrogens is 713 g/mol. The Labute approximate surface area is 346 Å². The molecule has 2 aliphatic carbocycles. The maximum absolute atomic E-state index is 2.40. The van der Waals surface area contributed by atoms with Gasteiger partial charge in [0.1, 0.15) is 0 Å². The summed E-state index contributed by atoms with van der Waals surface area (Å²) in [7, 11) is 0. The molecule has 0 bridgehead atoms. The number of para-hydroxylation sites is 2. The van der Waals surface area contributed by atoms with Gasteiger partial charge in [-0.2, -0.15) is 0 Å². The Bertz CT molecular complexity index is 3170. The van der Waals surface area contributed by atoms with Gasteiger partial charge in [0.25, 0.3) is 0 Å². The fourth-order valence-corrected chi connectivity index (χ4v) is 9.38. The summed E-state index contributed by atoms with van der Waals surface area (Å²) in [5.74, 6) is 0.586. The van der Waals surface area contributed by atoms with E-state index in [9.17, 15) is 0 Å². The van der Waals surface area contributed by atoms with Gasteiger partial charge in [-0.25, -0.2) is 0 Å². The van der Waals surface area contributed by atoms with Gasteiger partial charge < -0.3 is 9.47 Å². The lowest BCUT2D eigenvalue weighted by atomic mass is 9.87. The van der Waals surface area contributed by atoms with Crippen LogP contribution in [0.5, 0.6) is 0 Å². The molecule has 1 unspecified atom stereocenters. The van der Waals surface area contributed by atoms with Gasteiger partial charge >= 0.3 is 0 Å². The predicted octanol–water partition coefficient (Wildman–Crippen LogP) is 15.7. The molecule has 0 spiro atoms. The molecule has 11 rings (SSSR count). The quantitative estimate of drug-likeness (QED) is 0.116. The van der Waals surface area contributed by atoms with Crippen LogP contribution in [-0.4, -0.2) is 4.57 Å². The number of benzene rings is 8. The SMILES string of the molecule is CC1C=CC(c2ccc(N(c3ccc(C=Cc4cccc5ccc6ccc7c(c6c45)CCC=C7)cc3)c3ccc4c5ccccc5n(-c5ccccc5)c4c3)cc2)=CC1. The van der Waals surface area contributed by atoms with E-state index in [4.69, 9.17) is 0 Å². The Hall–Kier alpha value is -7.16. The first-order valence-electron chi connectivity index (χ1n) is 21.0. The lowest BCUT2D eigenvalue weighted by molar-refractivity contribution is 0.739. The van der Waals surface area contributed by atoms with Crippen LogP contribution in [0.15, 0.2) is 188 Å². The Morgan fingerprint density at radius 2 is 1.32 bits per heavy atom. The van der Waals surface area contributed by atoms with Crippen molar-refractivity contribution >= 4 is 84.2 Å². The highest BCUT2D eigenvalue weighted by atomic mass is 15.1. The van der Waals surface area contributed by atoms with E-state index in [1.165, 1.54) is 71.2 Å². The molecule has 8 aromatic carbocycles. The first-order chi connectivity index (χ1) is 29.2. The van der Waals surface area contributed by atoms with Crippen LogP contribution in [0.4, 0.5) is 17.1 Å². The second-order valence-electron chi connectivity index (χ2n) is 16.1. The molecular formula is C57H44N2. The van der Waals surface area contributed by atoms with Crippen LogP contribution in [0.2, 0.25) is 0 Å². The summed E-state index contributed by atoms with van der Waals surface area (Å²) in [6, 6.07) is 60.3. The van der Waals surface area contributed by atoms with E-state index in [0.717, 1.165) is 47.6 Å². The number of rotatable bonds is 7. The van der Waals surface area contributed by atoms with E-state index in [-0.39, 0.29) is 0 Å². The van der Waals surface area contributed by atoms with Gasteiger partial charge in [0.15, 0.2) is 0 Å². The molecule has 1 aromatic heterocycles. The maximum Gasteiger partial charge on any atom is 0.0561 e. The van der Waals surface area contributed by atoms with Crippen LogP contribution in [0.3, 0.4) is 0 Å². The zero-order valence-electron chi connectivity index (χ0n) is 33.2. The van der Waals surface area contributed by atoms with Crippen LogP contribution in [0.1, 0.15) is 47.6 Å². The molecule has 9 aromatic rings. The van der Waals surface area contributed by atoms with Crippen LogP contribution in [-0.2, 0) is 6.42 Å². The van der Waals surface area contributed by atoms with Crippen molar-refractivity contribution in [1.82, 2.24) is 4.57 Å². The molecule has 59 heavy (non-hydrogen) atoms. The third kappa shape index (κ3) is 6.29. The van der Waals surface area contributed by atoms with Gasteiger partial charge in [0.05, 0.1) is 11.0 Å². The summed E-state index contributed by atoms with van der Waals surface area (Å²) in [5, 5.41) is 7.84. The highest BCUT2D eigenvalue weighted by Gasteiger charge is 2.19. The molecule has 2 aliphatic rings. The van der Waals surface area contributed by atoms with Crippen LogP contribution in [0, 0.1) is 5.92 Å². The average molecular weight is 757 g/mol. The van der Waals surface area contributed by atoms with E-state index in [2.05, 4.69) is 223 Å². The number of hydrogen-bond acceptors (Lipinski definition) is 1. The summed E-state index contributed by atoms with van der Waals surface area (Å²) >= 11 is 0. The van der Waals surface area contributed by atoms with E-state index in [1.807, 2.05) is 0 Å². The molecule has 0 aliphatic heterocycles. The van der Waals surface area contributed by atoms with Gasteiger partial charge in [0, 0.05) is 33.5 Å². The number of hydrogen-bond donors (Lipinski definition) is 0. The third-order valence-corrected chi connectivity index (χ3v) is 12.4. The lowest BCUT2D eigenvalue weighted by Gasteiger charge is -2.26. The number of fused-ring (bicyclic) bond motifs is 8. The monoisotopic (exact) mass is 756 g/mol. The summed E-state index contributed by atoms with van der Waals surface area (Å²) in [6.07, 6.45) is 19.4. The van der Waals surface area contributed by atoms with Crippen molar-refractivity contribution in [2.45, 2.75) is 26.2 Å². The first kappa shape index (κ1) is 35.0. The molecule has 1 heterocycles. The van der Waals surface area contributed by atoms with Gasteiger partial charge in [-0.15, -0.1) is 0 Å². The van der Waals surface area contributed by atoms with Gasteiger partial charge in [0.2, 0.25) is 0 Å². The Morgan fingerprint density at radius 1 is 0.593 bits per heavy atom. The molecule has 0 fully saturated rings. The zero-order valence-corrected chi connectivity index (χ0v) is 33.2. The molecule has 0 N–H and O–H groups in total. The summed E-state index contributed by atoms with van der Waals surface area (Å²) in [6.45, 7) is 2.27. The Balaban J connectivity index is 1.01. The van der Waals surface area contributed by atoms with Crippen molar-refractivity contribution in [3.05, 3.63) is 216 Å². The van der Waals surface area contributed by atoms with E-state index in [0.29, 0.717) is 5.92 Å². The molecule has 2 nitrogen and oxygen atoms in total. The highest BCUT2D eigenvalue weighted by Crippen LogP contribution is 2.41. The topological polar surface area (TPSA) is 8.17 Å². The molecule has 1 atom stereocenters. The molecule has 0 radical (unpaired) electrons. The molecule has 282 valence electrons. The smallest absolute Gasteiger partial charge is 0.0561 e. The summed E-state index contributed by atoms with van der Waals surface area (Å²) in [5.41, 5.74) is 14.7. The molecule has 0 amide bonds. The Morgan fingerprint density at radius 3 is 2.14 bits per heavy atom. The maximum atomic E-state index is 2.40. The number of aryl methyl sites for hydroxylation is 1. The normalized spacial score (nSPS) is 15.1. The number of anilines is 3. The van der Waals surface area contributed by atoms with Gasteiger partial charge in [-0.05, 0) is 135 Å². The average Bonchev–Trinajstić information content (AvgIpc) is 3.63. The van der Waals surface area contributed by atoms with E-state index >= 15 is 0 Å². The van der Waals surface area contributed by atoms with E-state index < -0.39 is 0 Å². The van der Waals surface area contributed by atoms with Crippen LogP contribution < -0.4 is 4.90 Å². The van der Waals surface area contributed by atoms with Gasteiger partial charge in [-0.3, -0.25) is 0 Å². The summed E-state index contributed by atoms with van der Waals surface area (Å²) < 4.78 is 2.40. The van der Waals surface area contributed by atoms with Crippen molar-refractivity contribution in [2.24, 2.45) is 5.92 Å². The minimum atomic E-state index is 0.586.